The number of aromatic nitrogens is 1. The van der Waals surface area contributed by atoms with E-state index in [0.717, 1.165) is 24.3 Å². The van der Waals surface area contributed by atoms with Crippen LogP contribution in [0.4, 0.5) is 27.6 Å². The highest BCUT2D eigenvalue weighted by Crippen LogP contribution is 2.32. The number of rotatable bonds is 4. The average molecular weight is 503 g/mol. The maximum Gasteiger partial charge on any atom is 0.416 e. The van der Waals surface area contributed by atoms with E-state index in [-0.39, 0.29) is 12.5 Å². The summed E-state index contributed by atoms with van der Waals surface area (Å²) in [4.78, 5) is 16.9. The van der Waals surface area contributed by atoms with E-state index in [1.807, 2.05) is 4.90 Å². The minimum Gasteiger partial charge on any atom is -0.460 e. The molecule has 0 unspecified atom stereocenters. The Morgan fingerprint density at radius 2 is 1.69 bits per heavy atom. The molecule has 36 heavy (non-hydrogen) atoms. The number of piperazine rings is 1. The molecule has 4 aromatic rings. The molecule has 5 rings (SSSR count). The number of benzene rings is 2. The molecular formula is C26H22F5N3O2. The second kappa shape index (κ2) is 9.00. The number of carbonyl (C=O) groups excluding carboxylic acids is 1. The van der Waals surface area contributed by atoms with E-state index >= 15 is 0 Å². The largest absolute Gasteiger partial charge is 0.460 e. The summed E-state index contributed by atoms with van der Waals surface area (Å²) in [6.45, 7) is 3.26. The smallest absolute Gasteiger partial charge is 0.416 e. The van der Waals surface area contributed by atoms with Crippen molar-refractivity contribution in [2.45, 2.75) is 19.6 Å². The van der Waals surface area contributed by atoms with Gasteiger partial charge in [0, 0.05) is 50.5 Å². The van der Waals surface area contributed by atoms with Gasteiger partial charge in [0.05, 0.1) is 11.1 Å². The van der Waals surface area contributed by atoms with E-state index in [0.29, 0.717) is 60.0 Å². The van der Waals surface area contributed by atoms with Crippen molar-refractivity contribution >= 4 is 22.7 Å². The van der Waals surface area contributed by atoms with Crippen LogP contribution in [0.2, 0.25) is 0 Å². The minimum atomic E-state index is -4.43. The summed E-state index contributed by atoms with van der Waals surface area (Å²) in [5, 5.41) is 0. The van der Waals surface area contributed by atoms with Crippen LogP contribution in [0.1, 0.15) is 27.4 Å². The highest BCUT2D eigenvalue weighted by atomic mass is 19.4. The molecule has 188 valence electrons. The molecule has 1 fully saturated rings. The molecule has 0 N–H and O–H groups in total. The van der Waals surface area contributed by atoms with Gasteiger partial charge in [-0.2, -0.15) is 13.2 Å². The molecule has 0 aliphatic carbocycles. The highest BCUT2D eigenvalue weighted by molar-refractivity contribution is 5.98. The molecular weight excluding hydrogens is 481 g/mol. The molecule has 2 aromatic heterocycles. The van der Waals surface area contributed by atoms with Crippen LogP contribution in [0.25, 0.3) is 11.1 Å². The fourth-order valence-electron chi connectivity index (χ4n) is 4.54. The van der Waals surface area contributed by atoms with E-state index in [1.54, 1.807) is 34.6 Å². The van der Waals surface area contributed by atoms with Gasteiger partial charge >= 0.3 is 6.18 Å². The van der Waals surface area contributed by atoms with Gasteiger partial charge in [-0.25, -0.2) is 8.78 Å². The second-order valence-electron chi connectivity index (χ2n) is 8.80. The molecule has 5 nitrogen and oxygen atoms in total. The van der Waals surface area contributed by atoms with Gasteiger partial charge in [-0.3, -0.25) is 4.79 Å². The number of aryl methyl sites for hydroxylation is 1. The van der Waals surface area contributed by atoms with Gasteiger partial charge in [0.25, 0.3) is 5.91 Å². The minimum absolute atomic E-state index is 0.130. The SMILES string of the molecule is Cc1cc2c(cc(C(=O)N3CCN(c4cccc(C(F)(F)F)c4)CC3)n2Cc2ccc(F)c(F)c2)o1. The maximum absolute atomic E-state index is 13.8. The first-order valence-corrected chi connectivity index (χ1v) is 11.4. The van der Waals surface area contributed by atoms with Crippen LogP contribution in [0, 0.1) is 18.6 Å². The number of carbonyl (C=O) groups is 1. The second-order valence-corrected chi connectivity index (χ2v) is 8.80. The molecule has 1 aliphatic rings. The van der Waals surface area contributed by atoms with Crippen LogP contribution in [-0.4, -0.2) is 41.6 Å². The summed E-state index contributed by atoms with van der Waals surface area (Å²) < 4.78 is 73.9. The molecule has 0 saturated carbocycles. The third-order valence-electron chi connectivity index (χ3n) is 6.36. The Balaban J connectivity index is 1.37. The fourth-order valence-corrected chi connectivity index (χ4v) is 4.54. The van der Waals surface area contributed by atoms with E-state index in [2.05, 4.69) is 0 Å². The number of anilines is 1. The fraction of sp³-hybridized carbons (Fsp3) is 0.269. The van der Waals surface area contributed by atoms with Crippen LogP contribution < -0.4 is 4.90 Å². The van der Waals surface area contributed by atoms with Crippen molar-refractivity contribution in [3.63, 3.8) is 0 Å². The van der Waals surface area contributed by atoms with Crippen molar-refractivity contribution in [2.75, 3.05) is 31.1 Å². The first-order valence-electron chi connectivity index (χ1n) is 11.4. The monoisotopic (exact) mass is 503 g/mol. The zero-order chi connectivity index (χ0) is 25.6. The lowest BCUT2D eigenvalue weighted by Gasteiger charge is -2.36. The number of hydrogen-bond acceptors (Lipinski definition) is 3. The first-order chi connectivity index (χ1) is 17.1. The molecule has 10 heteroatoms. The third kappa shape index (κ3) is 4.55. The molecule has 0 bridgehead atoms. The van der Waals surface area contributed by atoms with Gasteiger partial charge < -0.3 is 18.8 Å². The summed E-state index contributed by atoms with van der Waals surface area (Å²) in [5.74, 6) is -1.55. The van der Waals surface area contributed by atoms with E-state index in [4.69, 9.17) is 4.42 Å². The molecule has 1 aliphatic heterocycles. The quantitative estimate of drug-likeness (QED) is 0.328. The zero-order valence-electron chi connectivity index (χ0n) is 19.3. The summed E-state index contributed by atoms with van der Waals surface area (Å²) in [6.07, 6.45) is -4.43. The van der Waals surface area contributed by atoms with Crippen LogP contribution in [0.5, 0.6) is 0 Å². The summed E-state index contributed by atoms with van der Waals surface area (Å²) in [6, 6.07) is 12.1. The Hall–Kier alpha value is -3.82. The van der Waals surface area contributed by atoms with Crippen LogP contribution in [-0.2, 0) is 12.7 Å². The number of hydrogen-bond donors (Lipinski definition) is 0. The lowest BCUT2D eigenvalue weighted by Crippen LogP contribution is -2.49. The number of furan rings is 1. The Morgan fingerprint density at radius 1 is 0.944 bits per heavy atom. The topological polar surface area (TPSA) is 41.6 Å². The third-order valence-corrected chi connectivity index (χ3v) is 6.36. The number of fused-ring (bicyclic) bond motifs is 1. The average Bonchev–Trinajstić information content (AvgIpc) is 3.37. The maximum atomic E-state index is 13.8. The van der Waals surface area contributed by atoms with Crippen molar-refractivity contribution in [1.82, 2.24) is 9.47 Å². The van der Waals surface area contributed by atoms with Crippen LogP contribution in [0.15, 0.2) is 59.0 Å². The predicted molar refractivity (Wildman–Crippen MR) is 124 cm³/mol. The normalized spacial score (nSPS) is 14.6. The number of halogens is 5. The van der Waals surface area contributed by atoms with Gasteiger partial charge in [0.15, 0.2) is 17.2 Å². The van der Waals surface area contributed by atoms with Gasteiger partial charge in [-0.05, 0) is 42.8 Å². The molecule has 0 spiro atoms. The summed E-state index contributed by atoms with van der Waals surface area (Å²) in [7, 11) is 0. The Bertz CT molecular complexity index is 1430. The van der Waals surface area contributed by atoms with Crippen molar-refractivity contribution in [3.8, 4) is 0 Å². The van der Waals surface area contributed by atoms with Crippen molar-refractivity contribution in [2.24, 2.45) is 0 Å². The van der Waals surface area contributed by atoms with E-state index < -0.39 is 23.4 Å². The Morgan fingerprint density at radius 3 is 2.39 bits per heavy atom. The molecule has 0 atom stereocenters. The molecule has 3 heterocycles. The molecule has 2 aromatic carbocycles. The zero-order valence-corrected chi connectivity index (χ0v) is 19.3. The van der Waals surface area contributed by atoms with Gasteiger partial charge in [0.1, 0.15) is 11.5 Å². The van der Waals surface area contributed by atoms with E-state index in [1.165, 1.54) is 12.1 Å². The number of nitrogens with zero attached hydrogens (tertiary/aromatic N) is 3. The lowest BCUT2D eigenvalue weighted by atomic mass is 10.1. The number of alkyl halides is 3. The van der Waals surface area contributed by atoms with Crippen LogP contribution in [0.3, 0.4) is 0 Å². The van der Waals surface area contributed by atoms with Gasteiger partial charge in [0.2, 0.25) is 0 Å². The standard InChI is InChI=1S/C26H22F5N3O2/c1-16-11-22-24(36-16)14-23(34(22)15-17-5-6-20(27)21(28)12-17)25(35)33-9-7-32(8-10-33)19-4-2-3-18(13-19)26(29,30)31/h2-6,11-14H,7-10,15H2,1H3. The van der Waals surface area contributed by atoms with Crippen molar-refractivity contribution in [1.29, 1.82) is 0 Å². The summed E-state index contributed by atoms with van der Waals surface area (Å²) >= 11 is 0. The molecule has 0 radical (unpaired) electrons. The molecule has 1 amide bonds. The predicted octanol–water partition coefficient (Wildman–Crippen LogP) is 5.85. The summed E-state index contributed by atoms with van der Waals surface area (Å²) in [5.41, 5.74) is 1.71. The first kappa shape index (κ1) is 23.9. The molecule has 1 saturated heterocycles. The Kier molecular flexibility index (Phi) is 5.97. The van der Waals surface area contributed by atoms with Crippen LogP contribution >= 0.6 is 0 Å². The lowest BCUT2D eigenvalue weighted by molar-refractivity contribution is -0.137. The van der Waals surface area contributed by atoms with E-state index in [9.17, 15) is 26.7 Å². The van der Waals surface area contributed by atoms with Gasteiger partial charge in [-0.15, -0.1) is 0 Å². The van der Waals surface area contributed by atoms with Gasteiger partial charge in [-0.1, -0.05) is 12.1 Å². The number of amides is 1. The van der Waals surface area contributed by atoms with Crippen molar-refractivity contribution < 1.29 is 31.2 Å². The Labute approximate surface area is 203 Å². The van der Waals surface area contributed by atoms with Crippen molar-refractivity contribution in [3.05, 3.63) is 88.8 Å². The highest BCUT2D eigenvalue weighted by Gasteiger charge is 2.32.